The molecule has 0 spiro atoms. The molecule has 0 aliphatic carbocycles. The lowest BCUT2D eigenvalue weighted by molar-refractivity contribution is 0.0733. The summed E-state index contributed by atoms with van der Waals surface area (Å²) in [5, 5.41) is 4.23. The summed E-state index contributed by atoms with van der Waals surface area (Å²) >= 11 is 1.59. The molecule has 0 radical (unpaired) electrons. The summed E-state index contributed by atoms with van der Waals surface area (Å²) in [6.07, 6.45) is 4.66. The van der Waals surface area contributed by atoms with Crippen LogP contribution in [0.15, 0.2) is 34.1 Å². The fourth-order valence-corrected chi connectivity index (χ4v) is 3.23. The number of nitrogens with zero attached hydrogens (tertiary/aromatic N) is 3. The van der Waals surface area contributed by atoms with E-state index in [0.717, 1.165) is 43.5 Å². The van der Waals surface area contributed by atoms with Gasteiger partial charge in [-0.15, -0.1) is 24.8 Å². The van der Waals surface area contributed by atoms with E-state index in [1.54, 1.807) is 24.0 Å². The average Bonchev–Trinajstić information content (AvgIpc) is 3.05. The van der Waals surface area contributed by atoms with Crippen LogP contribution in [0.2, 0.25) is 0 Å². The van der Waals surface area contributed by atoms with Crippen LogP contribution in [-0.2, 0) is 12.8 Å². The second kappa shape index (κ2) is 9.98. The molecule has 1 N–H and O–H groups in total. The van der Waals surface area contributed by atoms with Gasteiger partial charge in [-0.25, -0.2) is 4.98 Å². The van der Waals surface area contributed by atoms with E-state index in [1.807, 2.05) is 28.8 Å². The Morgan fingerprint density at radius 2 is 2.17 bits per heavy atom. The monoisotopic (exact) mass is 392 g/mol. The number of aryl methyl sites for hydroxylation is 1. The molecule has 1 amide bonds. The molecule has 0 aromatic carbocycles. The van der Waals surface area contributed by atoms with Crippen molar-refractivity contribution in [2.75, 3.05) is 26.2 Å². The number of imidazole rings is 1. The smallest absolute Gasteiger partial charge is 0.289 e. The van der Waals surface area contributed by atoms with Crippen molar-refractivity contribution in [3.63, 3.8) is 0 Å². The Bertz CT molecular complexity index is 639. The topological polar surface area (TPSA) is 63.3 Å². The molecule has 1 aliphatic rings. The van der Waals surface area contributed by atoms with Crippen molar-refractivity contribution in [1.29, 1.82) is 0 Å². The third-order valence-electron chi connectivity index (χ3n) is 3.62. The first-order valence-electron chi connectivity index (χ1n) is 7.43. The number of thioether (sulfide) groups is 1. The molecule has 0 unspecified atom stereocenters. The molecule has 1 saturated heterocycles. The molecule has 0 saturated carbocycles. The Kier molecular flexibility index (Phi) is 8.69. The third kappa shape index (κ3) is 5.17. The number of hydrogen-bond donors (Lipinski definition) is 1. The first kappa shape index (κ1) is 20.9. The lowest BCUT2D eigenvalue weighted by Crippen LogP contribution is -2.33. The fourth-order valence-electron chi connectivity index (χ4n) is 2.40. The summed E-state index contributed by atoms with van der Waals surface area (Å²) in [4.78, 5) is 18.5. The van der Waals surface area contributed by atoms with Crippen molar-refractivity contribution in [1.82, 2.24) is 19.8 Å². The molecule has 1 aliphatic heterocycles. The molecule has 134 valence electrons. The van der Waals surface area contributed by atoms with Crippen molar-refractivity contribution in [3.8, 4) is 0 Å². The van der Waals surface area contributed by atoms with Crippen LogP contribution in [0.5, 0.6) is 0 Å². The van der Waals surface area contributed by atoms with Gasteiger partial charge in [0.05, 0.1) is 5.75 Å². The zero-order valence-corrected chi connectivity index (χ0v) is 15.9. The second-order valence-electron chi connectivity index (χ2n) is 5.27. The molecule has 2 aromatic rings. The van der Waals surface area contributed by atoms with Crippen LogP contribution in [0, 0.1) is 0 Å². The summed E-state index contributed by atoms with van der Waals surface area (Å²) < 4.78 is 7.67. The number of halogens is 2. The van der Waals surface area contributed by atoms with Crippen molar-refractivity contribution < 1.29 is 9.21 Å². The number of hydrogen-bond acceptors (Lipinski definition) is 5. The van der Waals surface area contributed by atoms with Crippen molar-refractivity contribution in [2.45, 2.75) is 17.3 Å². The SMILES string of the molecule is Cl.Cl.Cn1ccnc1SCc1ccc(C(=O)N2CCCNCC2)o1. The van der Waals surface area contributed by atoms with Gasteiger partial charge in [-0.1, -0.05) is 11.8 Å². The van der Waals surface area contributed by atoms with E-state index >= 15 is 0 Å². The maximum Gasteiger partial charge on any atom is 0.289 e. The largest absolute Gasteiger partial charge is 0.455 e. The number of nitrogens with one attached hydrogen (secondary N) is 1. The van der Waals surface area contributed by atoms with Crippen molar-refractivity contribution in [2.24, 2.45) is 7.05 Å². The zero-order valence-electron chi connectivity index (χ0n) is 13.4. The molecule has 3 rings (SSSR count). The lowest BCUT2D eigenvalue weighted by atomic mass is 10.3. The number of aromatic nitrogens is 2. The highest BCUT2D eigenvalue weighted by molar-refractivity contribution is 7.98. The standard InChI is InChI=1S/C15H20N4O2S.2ClH/c1-18-9-7-17-15(18)22-11-12-3-4-13(21-12)14(20)19-8-2-5-16-6-10-19;;/h3-4,7,9,16H,2,5-6,8,10-11H2,1H3;2*1H. The van der Waals surface area contributed by atoms with Crippen molar-refractivity contribution in [3.05, 3.63) is 36.0 Å². The van der Waals surface area contributed by atoms with E-state index in [4.69, 9.17) is 4.42 Å². The van der Waals surface area contributed by atoms with Gasteiger partial charge in [0.15, 0.2) is 10.9 Å². The van der Waals surface area contributed by atoms with E-state index in [-0.39, 0.29) is 30.7 Å². The Labute approximate surface area is 158 Å². The molecule has 24 heavy (non-hydrogen) atoms. The fraction of sp³-hybridized carbons (Fsp3) is 0.467. The first-order valence-corrected chi connectivity index (χ1v) is 8.41. The van der Waals surface area contributed by atoms with Gasteiger partial charge < -0.3 is 19.2 Å². The highest BCUT2D eigenvalue weighted by Crippen LogP contribution is 2.22. The number of furan rings is 1. The van der Waals surface area contributed by atoms with Crippen LogP contribution in [0.4, 0.5) is 0 Å². The van der Waals surface area contributed by atoms with Crippen LogP contribution >= 0.6 is 36.6 Å². The summed E-state index contributed by atoms with van der Waals surface area (Å²) in [5.74, 6) is 1.87. The minimum absolute atomic E-state index is 0. The lowest BCUT2D eigenvalue weighted by Gasteiger charge is -2.18. The van der Waals surface area contributed by atoms with Crippen LogP contribution in [-0.4, -0.2) is 46.5 Å². The summed E-state index contributed by atoms with van der Waals surface area (Å²) in [6.45, 7) is 3.32. The summed E-state index contributed by atoms with van der Waals surface area (Å²) in [6, 6.07) is 3.65. The molecular weight excluding hydrogens is 371 g/mol. The van der Waals surface area contributed by atoms with Gasteiger partial charge in [-0.2, -0.15) is 0 Å². The number of amides is 1. The molecule has 0 bridgehead atoms. The Morgan fingerprint density at radius 3 is 2.92 bits per heavy atom. The normalized spacial score (nSPS) is 14.5. The molecule has 1 fully saturated rings. The molecule has 2 aromatic heterocycles. The Balaban J connectivity index is 0.00000144. The van der Waals surface area contributed by atoms with Gasteiger partial charge in [-0.3, -0.25) is 4.79 Å². The second-order valence-corrected chi connectivity index (χ2v) is 6.21. The van der Waals surface area contributed by atoms with E-state index in [1.165, 1.54) is 0 Å². The van der Waals surface area contributed by atoms with E-state index in [2.05, 4.69) is 10.3 Å². The molecular formula is C15H22Cl2N4O2S. The van der Waals surface area contributed by atoms with Gasteiger partial charge in [0.25, 0.3) is 5.91 Å². The van der Waals surface area contributed by atoms with Crippen LogP contribution < -0.4 is 5.32 Å². The predicted molar refractivity (Wildman–Crippen MR) is 99.4 cm³/mol. The number of carbonyl (C=O) groups excluding carboxylic acids is 1. The molecule has 3 heterocycles. The van der Waals surface area contributed by atoms with Gasteiger partial charge in [0, 0.05) is 39.1 Å². The highest BCUT2D eigenvalue weighted by atomic mass is 35.5. The van der Waals surface area contributed by atoms with Crippen LogP contribution in [0.3, 0.4) is 0 Å². The molecule has 0 atom stereocenters. The Hall–Kier alpha value is -1.15. The van der Waals surface area contributed by atoms with Crippen LogP contribution in [0.1, 0.15) is 22.7 Å². The summed E-state index contributed by atoms with van der Waals surface area (Å²) in [7, 11) is 1.96. The van der Waals surface area contributed by atoms with Gasteiger partial charge >= 0.3 is 0 Å². The van der Waals surface area contributed by atoms with Gasteiger partial charge in [0.1, 0.15) is 5.76 Å². The maximum absolute atomic E-state index is 12.4. The van der Waals surface area contributed by atoms with Gasteiger partial charge in [-0.05, 0) is 25.1 Å². The zero-order chi connectivity index (χ0) is 15.4. The molecule has 9 heteroatoms. The molecule has 6 nitrogen and oxygen atoms in total. The predicted octanol–water partition coefficient (Wildman–Crippen LogP) is 2.58. The maximum atomic E-state index is 12.4. The van der Waals surface area contributed by atoms with E-state index < -0.39 is 0 Å². The van der Waals surface area contributed by atoms with E-state index in [0.29, 0.717) is 11.5 Å². The Morgan fingerprint density at radius 1 is 1.33 bits per heavy atom. The van der Waals surface area contributed by atoms with Gasteiger partial charge in [0.2, 0.25) is 0 Å². The summed E-state index contributed by atoms with van der Waals surface area (Å²) in [5.41, 5.74) is 0. The number of carbonyl (C=O) groups is 1. The average molecular weight is 393 g/mol. The quantitative estimate of drug-likeness (QED) is 0.810. The number of rotatable bonds is 4. The van der Waals surface area contributed by atoms with Crippen molar-refractivity contribution >= 4 is 42.5 Å². The minimum atomic E-state index is -0.0167. The first-order chi connectivity index (χ1) is 10.7. The minimum Gasteiger partial charge on any atom is -0.455 e. The van der Waals surface area contributed by atoms with E-state index in [9.17, 15) is 4.79 Å². The van der Waals surface area contributed by atoms with Crippen LogP contribution in [0.25, 0.3) is 0 Å². The third-order valence-corrected chi connectivity index (χ3v) is 4.70. The highest BCUT2D eigenvalue weighted by Gasteiger charge is 2.20.